The number of hydrogen-bond acceptors (Lipinski definition) is 4. The molecule has 1 aliphatic rings. The summed E-state index contributed by atoms with van der Waals surface area (Å²) < 4.78 is 34.0. The molecule has 3 rings (SSSR count). The molecule has 0 unspecified atom stereocenters. The topological polar surface area (TPSA) is 91.7 Å². The minimum absolute atomic E-state index is 0.233. The van der Waals surface area contributed by atoms with Gasteiger partial charge in [0.1, 0.15) is 0 Å². The lowest BCUT2D eigenvalue weighted by Crippen LogP contribution is -2.31. The zero-order valence-corrected chi connectivity index (χ0v) is 14.1. The number of nitrogens with zero attached hydrogens (tertiary/aromatic N) is 1. The molecule has 1 amide bonds. The number of carbonyl (C=O) groups excluding carboxylic acids is 1. The second-order valence-corrected chi connectivity index (χ2v) is 7.03. The van der Waals surface area contributed by atoms with E-state index in [1.54, 1.807) is 29.2 Å². The van der Waals surface area contributed by atoms with Gasteiger partial charge in [-0.25, -0.2) is 0 Å². The first-order chi connectivity index (χ1) is 11.5. The molecule has 0 aliphatic carbocycles. The van der Waals surface area contributed by atoms with Crippen LogP contribution in [-0.4, -0.2) is 27.4 Å². The van der Waals surface area contributed by atoms with E-state index in [-0.39, 0.29) is 11.7 Å². The molecule has 1 aromatic carbocycles. The van der Waals surface area contributed by atoms with Crippen LogP contribution in [0.2, 0.25) is 0 Å². The quantitative estimate of drug-likeness (QED) is 0.836. The van der Waals surface area contributed by atoms with E-state index in [1.165, 1.54) is 6.26 Å². The lowest BCUT2D eigenvalue weighted by Gasteiger charge is -2.17. The Kier molecular flexibility index (Phi) is 4.59. The van der Waals surface area contributed by atoms with Gasteiger partial charge in [0.2, 0.25) is 0 Å². The third-order valence-corrected chi connectivity index (χ3v) is 4.84. The highest BCUT2D eigenvalue weighted by atomic mass is 32.2. The molecule has 0 bridgehead atoms. The fourth-order valence-electron chi connectivity index (χ4n) is 2.61. The summed E-state index contributed by atoms with van der Waals surface area (Å²) in [4.78, 5) is 14.1. The SMILES string of the molecule is CCCNS(=O)(=O)Nc1ccc2c(c1)N(C(=O)c1ccco1)CC2. The highest BCUT2D eigenvalue weighted by molar-refractivity contribution is 7.90. The first-order valence-corrected chi connectivity index (χ1v) is 9.24. The smallest absolute Gasteiger partial charge is 0.299 e. The van der Waals surface area contributed by atoms with Crippen molar-refractivity contribution in [3.63, 3.8) is 0 Å². The van der Waals surface area contributed by atoms with Crippen molar-refractivity contribution in [2.75, 3.05) is 22.7 Å². The molecule has 24 heavy (non-hydrogen) atoms. The number of amides is 1. The Hall–Kier alpha value is -2.32. The van der Waals surface area contributed by atoms with Gasteiger partial charge >= 0.3 is 0 Å². The molecule has 0 saturated carbocycles. The number of nitrogens with one attached hydrogen (secondary N) is 2. The third-order valence-electron chi connectivity index (χ3n) is 3.75. The fourth-order valence-corrected chi connectivity index (χ4v) is 3.60. The van der Waals surface area contributed by atoms with Crippen LogP contribution in [0.1, 0.15) is 29.5 Å². The average molecular weight is 349 g/mol. The molecule has 0 radical (unpaired) electrons. The van der Waals surface area contributed by atoms with Gasteiger partial charge in [-0.05, 0) is 42.7 Å². The molecular weight excluding hydrogens is 330 g/mol. The standard InChI is InChI=1S/C16H19N3O4S/c1-2-8-17-24(21,22)18-13-6-5-12-7-9-19(14(12)11-13)16(20)15-4-3-10-23-15/h3-6,10-11,17-18H,2,7-9H2,1H3. The Morgan fingerprint density at radius 3 is 2.88 bits per heavy atom. The Labute approximate surface area is 140 Å². The van der Waals surface area contributed by atoms with Crippen LogP contribution < -0.4 is 14.3 Å². The highest BCUT2D eigenvalue weighted by Crippen LogP contribution is 2.32. The molecule has 0 fully saturated rings. The maximum Gasteiger partial charge on any atom is 0.299 e. The van der Waals surface area contributed by atoms with Crippen molar-refractivity contribution in [1.82, 2.24) is 4.72 Å². The maximum atomic E-state index is 12.5. The van der Waals surface area contributed by atoms with E-state index in [9.17, 15) is 13.2 Å². The Bertz CT molecular complexity index is 831. The summed E-state index contributed by atoms with van der Waals surface area (Å²) in [5.74, 6) is 0.0290. The van der Waals surface area contributed by atoms with Crippen molar-refractivity contribution in [3.05, 3.63) is 47.9 Å². The number of fused-ring (bicyclic) bond motifs is 1. The monoisotopic (exact) mass is 349 g/mol. The van der Waals surface area contributed by atoms with Gasteiger partial charge in [0.25, 0.3) is 16.1 Å². The first-order valence-electron chi connectivity index (χ1n) is 7.76. The van der Waals surface area contributed by atoms with Crippen molar-refractivity contribution >= 4 is 27.5 Å². The molecule has 128 valence electrons. The summed E-state index contributed by atoms with van der Waals surface area (Å²) in [6.45, 7) is 2.79. The summed E-state index contributed by atoms with van der Waals surface area (Å²) >= 11 is 0. The predicted octanol–water partition coefficient (Wildman–Crippen LogP) is 2.14. The molecular formula is C16H19N3O4S. The lowest BCUT2D eigenvalue weighted by molar-refractivity contribution is 0.0963. The number of anilines is 2. The van der Waals surface area contributed by atoms with Crippen molar-refractivity contribution in [2.45, 2.75) is 19.8 Å². The number of rotatable bonds is 6. The average Bonchev–Trinajstić information content (AvgIpc) is 3.21. The normalized spacial score (nSPS) is 13.8. The largest absolute Gasteiger partial charge is 0.459 e. The third kappa shape index (κ3) is 3.44. The summed E-state index contributed by atoms with van der Waals surface area (Å²) in [6, 6.07) is 8.48. The molecule has 2 aromatic rings. The van der Waals surface area contributed by atoms with Gasteiger partial charge in [-0.2, -0.15) is 13.1 Å². The second-order valence-electron chi connectivity index (χ2n) is 5.53. The summed E-state index contributed by atoms with van der Waals surface area (Å²) in [7, 11) is -3.62. The van der Waals surface area contributed by atoms with Crippen molar-refractivity contribution in [1.29, 1.82) is 0 Å². The summed E-state index contributed by atoms with van der Waals surface area (Å²) in [5.41, 5.74) is 2.11. The van der Waals surface area contributed by atoms with Gasteiger partial charge in [-0.3, -0.25) is 9.52 Å². The number of carbonyl (C=O) groups is 1. The van der Waals surface area contributed by atoms with Crippen LogP contribution in [0.5, 0.6) is 0 Å². The molecule has 1 aromatic heterocycles. The van der Waals surface area contributed by atoms with E-state index < -0.39 is 10.2 Å². The van der Waals surface area contributed by atoms with Crippen molar-refractivity contribution < 1.29 is 17.6 Å². The van der Waals surface area contributed by atoms with Crippen LogP contribution >= 0.6 is 0 Å². The van der Waals surface area contributed by atoms with Gasteiger partial charge < -0.3 is 9.32 Å². The molecule has 1 aliphatic heterocycles. The second kappa shape index (κ2) is 6.66. The molecule has 2 heterocycles. The Morgan fingerprint density at radius 2 is 2.17 bits per heavy atom. The molecule has 0 saturated heterocycles. The van der Waals surface area contributed by atoms with E-state index >= 15 is 0 Å². The van der Waals surface area contributed by atoms with Crippen LogP contribution in [-0.2, 0) is 16.6 Å². The van der Waals surface area contributed by atoms with E-state index in [0.717, 1.165) is 12.0 Å². The van der Waals surface area contributed by atoms with E-state index in [4.69, 9.17) is 4.42 Å². The van der Waals surface area contributed by atoms with Gasteiger partial charge in [-0.15, -0.1) is 0 Å². The van der Waals surface area contributed by atoms with Gasteiger partial charge in [0, 0.05) is 18.8 Å². The minimum atomic E-state index is -3.62. The predicted molar refractivity (Wildman–Crippen MR) is 91.4 cm³/mol. The number of hydrogen-bond donors (Lipinski definition) is 2. The minimum Gasteiger partial charge on any atom is -0.459 e. The van der Waals surface area contributed by atoms with Crippen LogP contribution in [0.3, 0.4) is 0 Å². The number of benzene rings is 1. The maximum absolute atomic E-state index is 12.5. The van der Waals surface area contributed by atoms with Crippen molar-refractivity contribution in [2.24, 2.45) is 0 Å². The molecule has 2 N–H and O–H groups in total. The zero-order valence-electron chi connectivity index (χ0n) is 13.3. The first kappa shape index (κ1) is 16.5. The Morgan fingerprint density at radius 1 is 1.33 bits per heavy atom. The van der Waals surface area contributed by atoms with Crippen molar-refractivity contribution in [3.8, 4) is 0 Å². The number of furan rings is 1. The van der Waals surface area contributed by atoms with Gasteiger partial charge in [0.05, 0.1) is 12.0 Å². The molecule has 0 atom stereocenters. The van der Waals surface area contributed by atoms with Gasteiger partial charge in [0.15, 0.2) is 5.76 Å². The van der Waals surface area contributed by atoms with E-state index in [2.05, 4.69) is 9.44 Å². The van der Waals surface area contributed by atoms with Crippen LogP contribution in [0.4, 0.5) is 11.4 Å². The van der Waals surface area contributed by atoms with E-state index in [1.807, 2.05) is 13.0 Å². The summed E-state index contributed by atoms with van der Waals surface area (Å²) in [6.07, 6.45) is 2.88. The fraction of sp³-hybridized carbons (Fsp3) is 0.312. The van der Waals surface area contributed by atoms with Crippen LogP contribution in [0, 0.1) is 0 Å². The lowest BCUT2D eigenvalue weighted by atomic mass is 10.1. The van der Waals surface area contributed by atoms with Gasteiger partial charge in [-0.1, -0.05) is 13.0 Å². The zero-order chi connectivity index (χ0) is 17.2. The Balaban J connectivity index is 1.82. The summed E-state index contributed by atoms with van der Waals surface area (Å²) in [5, 5.41) is 0. The van der Waals surface area contributed by atoms with Crippen LogP contribution in [0.15, 0.2) is 41.0 Å². The molecule has 7 nitrogen and oxygen atoms in total. The highest BCUT2D eigenvalue weighted by Gasteiger charge is 2.27. The molecule has 8 heteroatoms. The van der Waals surface area contributed by atoms with E-state index in [0.29, 0.717) is 30.9 Å². The van der Waals surface area contributed by atoms with Crippen LogP contribution in [0.25, 0.3) is 0 Å². The molecule has 0 spiro atoms.